The topological polar surface area (TPSA) is 141 Å². The number of nitriles is 1. The van der Waals surface area contributed by atoms with Crippen molar-refractivity contribution in [2.24, 2.45) is 11.1 Å². The third-order valence-corrected chi connectivity index (χ3v) is 7.05. The molecule has 0 bridgehead atoms. The van der Waals surface area contributed by atoms with Crippen molar-refractivity contribution >= 4 is 17.2 Å². The maximum absolute atomic E-state index is 13.8. The number of ether oxygens (including phenoxy) is 3. The second kappa shape index (κ2) is 9.74. The molecule has 2 aromatic carbocycles. The molecule has 0 amide bonds. The van der Waals surface area contributed by atoms with Crippen LogP contribution in [0.25, 0.3) is 0 Å². The number of hydrogen-bond acceptors (Lipinski definition) is 9. The first-order chi connectivity index (χ1) is 18.0. The van der Waals surface area contributed by atoms with Crippen LogP contribution in [0.1, 0.15) is 43.7 Å². The average molecular weight is 519 g/mol. The summed E-state index contributed by atoms with van der Waals surface area (Å²) in [6, 6.07) is 10.1. The predicted octanol–water partition coefficient (Wildman–Crippen LogP) is 4.87. The van der Waals surface area contributed by atoms with Gasteiger partial charge in [-0.2, -0.15) is 5.26 Å². The minimum Gasteiger partial charge on any atom is -0.493 e. The highest BCUT2D eigenvalue weighted by Crippen LogP contribution is 2.52. The first kappa shape index (κ1) is 26.5. The summed E-state index contributed by atoms with van der Waals surface area (Å²) in [6.07, 6.45) is 0.740. The Kier molecular flexibility index (Phi) is 6.80. The maximum Gasteiger partial charge on any atom is 0.271 e. The molecule has 0 radical (unpaired) electrons. The van der Waals surface area contributed by atoms with Crippen molar-refractivity contribution in [1.82, 2.24) is 0 Å². The predicted molar refractivity (Wildman–Crippen MR) is 141 cm³/mol. The Labute approximate surface area is 221 Å². The smallest absolute Gasteiger partial charge is 0.271 e. The number of hydrogen-bond donors (Lipinski definition) is 1. The molecular formula is C28H30N4O6. The molecule has 10 nitrogen and oxygen atoms in total. The van der Waals surface area contributed by atoms with Gasteiger partial charge in [-0.05, 0) is 42.0 Å². The maximum atomic E-state index is 13.8. The molecule has 198 valence electrons. The van der Waals surface area contributed by atoms with Gasteiger partial charge >= 0.3 is 0 Å². The van der Waals surface area contributed by atoms with Crippen LogP contribution in [0.3, 0.4) is 0 Å². The molecule has 2 aromatic rings. The molecule has 0 aromatic heterocycles. The van der Waals surface area contributed by atoms with Gasteiger partial charge in [-0.3, -0.25) is 19.8 Å². The van der Waals surface area contributed by atoms with Crippen LogP contribution in [-0.2, 0) is 4.79 Å². The van der Waals surface area contributed by atoms with E-state index >= 15 is 0 Å². The zero-order chi connectivity index (χ0) is 27.9. The molecule has 38 heavy (non-hydrogen) atoms. The Hall–Kier alpha value is -4.52. The molecule has 1 unspecified atom stereocenters. The summed E-state index contributed by atoms with van der Waals surface area (Å²) >= 11 is 0. The molecule has 4 rings (SSSR count). The summed E-state index contributed by atoms with van der Waals surface area (Å²) in [5.41, 5.74) is 9.13. The van der Waals surface area contributed by atoms with Crippen LogP contribution in [0.5, 0.6) is 17.2 Å². The number of carbonyl (C=O) groups is 1. The van der Waals surface area contributed by atoms with Crippen molar-refractivity contribution in [1.29, 1.82) is 5.26 Å². The number of Topliss-reactive ketones (excluding diaryl/α,β-unsaturated/α-hetero) is 1. The van der Waals surface area contributed by atoms with Gasteiger partial charge in [-0.15, -0.1) is 0 Å². The average Bonchev–Trinajstić information content (AvgIpc) is 2.87. The summed E-state index contributed by atoms with van der Waals surface area (Å²) in [7, 11) is 4.47. The quantitative estimate of drug-likeness (QED) is 0.419. The van der Waals surface area contributed by atoms with E-state index in [1.165, 1.54) is 33.5 Å². The van der Waals surface area contributed by atoms with Gasteiger partial charge in [0.05, 0.1) is 49.5 Å². The molecule has 2 aliphatic rings. The van der Waals surface area contributed by atoms with Crippen molar-refractivity contribution in [3.8, 4) is 23.3 Å². The Morgan fingerprint density at radius 3 is 2.26 bits per heavy atom. The number of rotatable bonds is 6. The Morgan fingerprint density at radius 2 is 1.74 bits per heavy atom. The van der Waals surface area contributed by atoms with Crippen LogP contribution in [0, 0.1) is 33.8 Å². The molecule has 0 saturated carbocycles. The summed E-state index contributed by atoms with van der Waals surface area (Å²) in [5.74, 6) is 0.329. The fourth-order valence-electron chi connectivity index (χ4n) is 5.34. The lowest BCUT2D eigenvalue weighted by Gasteiger charge is -2.44. The highest BCUT2D eigenvalue weighted by atomic mass is 16.6. The van der Waals surface area contributed by atoms with Gasteiger partial charge < -0.3 is 19.9 Å². The first-order valence-electron chi connectivity index (χ1n) is 12.0. The van der Waals surface area contributed by atoms with Gasteiger partial charge in [0.25, 0.3) is 5.69 Å². The molecule has 1 heterocycles. The van der Waals surface area contributed by atoms with E-state index in [4.69, 9.17) is 19.9 Å². The number of ketones is 1. The number of anilines is 1. The summed E-state index contributed by atoms with van der Waals surface area (Å²) < 4.78 is 16.5. The number of non-ortho nitro benzene ring substituents is 1. The molecule has 1 aliphatic carbocycles. The second-order valence-electron chi connectivity index (χ2n) is 10.2. The van der Waals surface area contributed by atoms with E-state index < -0.39 is 16.3 Å². The highest BCUT2D eigenvalue weighted by molar-refractivity contribution is 6.02. The number of allylic oxidation sites excluding steroid dienone is 3. The van der Waals surface area contributed by atoms with Gasteiger partial charge in [0, 0.05) is 29.8 Å². The number of benzene rings is 2. The summed E-state index contributed by atoms with van der Waals surface area (Å²) in [6.45, 7) is 5.78. The minimum atomic E-state index is -0.789. The standard InChI is InChI=1S/C28H30N4O6/c1-15-7-8-17(32(34)35)11-19(15)31-20-12-28(2,3)13-21(33)25(20)24(18(14-29)27(31)30)16-9-22(36-4)26(38-6)23(10-16)37-5/h7-11,24H,12-13,30H2,1-6H3. The number of methoxy groups -OCH3 is 3. The van der Waals surface area contributed by atoms with Crippen LogP contribution in [0.2, 0.25) is 0 Å². The van der Waals surface area contributed by atoms with E-state index in [0.717, 1.165) is 0 Å². The van der Waals surface area contributed by atoms with Crippen LogP contribution in [-0.4, -0.2) is 32.0 Å². The van der Waals surface area contributed by atoms with Gasteiger partial charge in [0.2, 0.25) is 5.75 Å². The summed E-state index contributed by atoms with van der Waals surface area (Å²) in [5, 5.41) is 21.9. The zero-order valence-corrected chi connectivity index (χ0v) is 22.2. The van der Waals surface area contributed by atoms with Gasteiger partial charge in [0.15, 0.2) is 17.3 Å². The van der Waals surface area contributed by atoms with Crippen molar-refractivity contribution in [2.45, 2.75) is 39.5 Å². The Morgan fingerprint density at radius 1 is 1.11 bits per heavy atom. The number of nitrogens with zero attached hydrogens (tertiary/aromatic N) is 3. The van der Waals surface area contributed by atoms with E-state index in [0.29, 0.717) is 51.8 Å². The zero-order valence-electron chi connectivity index (χ0n) is 22.2. The summed E-state index contributed by atoms with van der Waals surface area (Å²) in [4.78, 5) is 26.6. The lowest BCUT2D eigenvalue weighted by Crippen LogP contribution is -2.42. The Bertz CT molecular complexity index is 1420. The van der Waals surface area contributed by atoms with E-state index in [9.17, 15) is 20.2 Å². The van der Waals surface area contributed by atoms with Gasteiger partial charge in [-0.1, -0.05) is 19.9 Å². The highest BCUT2D eigenvalue weighted by Gasteiger charge is 2.45. The molecule has 10 heteroatoms. The van der Waals surface area contributed by atoms with Gasteiger partial charge in [0.1, 0.15) is 5.82 Å². The van der Waals surface area contributed by atoms with Crippen LogP contribution >= 0.6 is 0 Å². The normalized spacial score (nSPS) is 18.6. The van der Waals surface area contributed by atoms with E-state index in [-0.39, 0.29) is 29.3 Å². The Balaban J connectivity index is 2.06. The minimum absolute atomic E-state index is 0.110. The number of nitro groups is 1. The molecule has 2 N–H and O–H groups in total. The molecule has 0 saturated heterocycles. The number of nitrogens with two attached hydrogens (primary N) is 1. The number of aryl methyl sites for hydroxylation is 1. The second-order valence-corrected chi connectivity index (χ2v) is 10.2. The SMILES string of the molecule is COc1cc(C2C(C#N)=C(N)N(c3cc([N+](=O)[O-])ccc3C)C3=C2C(=O)CC(C)(C)C3)cc(OC)c1OC. The molecule has 1 atom stereocenters. The van der Waals surface area contributed by atoms with E-state index in [2.05, 4.69) is 6.07 Å². The number of carbonyl (C=O) groups excluding carboxylic acids is 1. The molecule has 0 spiro atoms. The van der Waals surface area contributed by atoms with Crippen molar-refractivity contribution < 1.29 is 23.9 Å². The lowest BCUT2D eigenvalue weighted by molar-refractivity contribution is -0.384. The van der Waals surface area contributed by atoms with E-state index in [1.54, 1.807) is 30.0 Å². The van der Waals surface area contributed by atoms with E-state index in [1.807, 2.05) is 13.8 Å². The fourth-order valence-corrected chi connectivity index (χ4v) is 5.34. The first-order valence-corrected chi connectivity index (χ1v) is 12.0. The van der Waals surface area contributed by atoms with Crippen LogP contribution in [0.15, 0.2) is 53.0 Å². The fraction of sp³-hybridized carbons (Fsp3) is 0.357. The monoisotopic (exact) mass is 518 g/mol. The van der Waals surface area contributed by atoms with Crippen molar-refractivity contribution in [3.05, 3.63) is 74.2 Å². The lowest BCUT2D eigenvalue weighted by atomic mass is 9.68. The van der Waals surface area contributed by atoms with Crippen molar-refractivity contribution in [3.63, 3.8) is 0 Å². The largest absolute Gasteiger partial charge is 0.493 e. The van der Waals surface area contributed by atoms with Gasteiger partial charge in [-0.25, -0.2) is 0 Å². The number of nitro benzene ring substituents is 1. The van der Waals surface area contributed by atoms with Crippen molar-refractivity contribution in [2.75, 3.05) is 26.2 Å². The van der Waals surface area contributed by atoms with Crippen LogP contribution in [0.4, 0.5) is 11.4 Å². The third kappa shape index (κ3) is 4.30. The third-order valence-electron chi connectivity index (χ3n) is 7.05. The molecular weight excluding hydrogens is 488 g/mol. The molecule has 0 fully saturated rings. The molecule has 1 aliphatic heterocycles. The van der Waals surface area contributed by atoms with Crippen LogP contribution < -0.4 is 24.8 Å².